The highest BCUT2D eigenvalue weighted by Crippen LogP contribution is 2.11. The molecule has 0 spiro atoms. The molecule has 0 aromatic heterocycles. The molecule has 0 fully saturated rings. The quantitative estimate of drug-likeness (QED) is 0.602. The van der Waals surface area contributed by atoms with E-state index in [-0.39, 0.29) is 5.73 Å². The summed E-state index contributed by atoms with van der Waals surface area (Å²) in [5.41, 5.74) is 2.76. The lowest BCUT2D eigenvalue weighted by Gasteiger charge is -2.03. The molecule has 0 heterocycles. The van der Waals surface area contributed by atoms with Crippen molar-refractivity contribution in [3.8, 4) is 0 Å². The van der Waals surface area contributed by atoms with Crippen molar-refractivity contribution in [1.29, 1.82) is 0 Å². The van der Waals surface area contributed by atoms with Crippen molar-refractivity contribution < 1.29 is 1.37 Å². The summed E-state index contributed by atoms with van der Waals surface area (Å²) >= 11 is 3.66. The average Bonchev–Trinajstić information content (AvgIpc) is 2.54. The summed E-state index contributed by atoms with van der Waals surface area (Å²) in [6, 6.07) is 21.1. The topological polar surface area (TPSA) is 0 Å². The van der Waals surface area contributed by atoms with Gasteiger partial charge < -0.3 is 0 Å². The van der Waals surface area contributed by atoms with Crippen LogP contribution in [0.15, 0.2) is 60.7 Å². The van der Waals surface area contributed by atoms with Crippen molar-refractivity contribution >= 4 is 23.5 Å². The third-order valence-electron chi connectivity index (χ3n) is 3.03. The fraction of sp³-hybridized carbons (Fsp3) is 0.333. The Hall–Kier alpha value is -0.860. The van der Waals surface area contributed by atoms with E-state index in [4.69, 9.17) is 1.37 Å². The largest absolute Gasteiger partial charge is 0.161 e. The van der Waals surface area contributed by atoms with E-state index in [0.717, 1.165) is 30.1 Å². The second kappa shape index (κ2) is 9.95. The van der Waals surface area contributed by atoms with E-state index in [1.54, 1.807) is 11.8 Å². The first-order chi connectivity index (χ1) is 10.3. The van der Waals surface area contributed by atoms with Crippen LogP contribution in [0, 0.1) is 0 Å². The third-order valence-corrected chi connectivity index (χ3v) is 4.98. The number of hydrogen-bond donors (Lipinski definition) is 0. The van der Waals surface area contributed by atoms with E-state index in [2.05, 4.69) is 54.6 Å². The molecule has 0 radical (unpaired) electrons. The minimum Gasteiger partial charge on any atom is -0.161 e. The molecule has 0 aliphatic heterocycles. The van der Waals surface area contributed by atoms with Gasteiger partial charge in [-0.25, -0.2) is 0 Å². The Labute approximate surface area is 132 Å². The number of benzene rings is 2. The van der Waals surface area contributed by atoms with Crippen molar-refractivity contribution in [3.05, 3.63) is 71.8 Å². The predicted octanol–water partition coefficient (Wildman–Crippen LogP) is 4.94. The van der Waals surface area contributed by atoms with Gasteiger partial charge in [0.25, 0.3) is 0 Å². The zero-order valence-electron chi connectivity index (χ0n) is 12.7. The van der Waals surface area contributed by atoms with Crippen LogP contribution in [0.3, 0.4) is 0 Å². The molecule has 0 saturated carbocycles. The molecule has 0 N–H and O–H groups in total. The maximum Gasteiger partial charge on any atom is 0.0389 e. The second-order valence-corrected chi connectivity index (χ2v) is 6.81. The number of rotatable bonds is 9. The normalized spacial score (nSPS) is 12.9. The van der Waals surface area contributed by atoms with E-state index >= 15 is 0 Å². The maximum atomic E-state index is 8.06. The van der Waals surface area contributed by atoms with Crippen molar-refractivity contribution in [2.75, 3.05) is 23.0 Å². The van der Waals surface area contributed by atoms with Gasteiger partial charge in [0.2, 0.25) is 0 Å². The van der Waals surface area contributed by atoms with Gasteiger partial charge in [0.05, 0.1) is 0 Å². The van der Waals surface area contributed by atoms with Gasteiger partial charge >= 0.3 is 0 Å². The maximum absolute atomic E-state index is 8.06. The molecule has 20 heavy (non-hydrogen) atoms. The molecule has 106 valence electrons. The van der Waals surface area contributed by atoms with Crippen LogP contribution in [-0.2, 0) is 12.8 Å². The van der Waals surface area contributed by atoms with E-state index in [9.17, 15) is 0 Å². The molecule has 0 amide bonds. The van der Waals surface area contributed by atoms with Crippen LogP contribution in [-0.4, -0.2) is 23.0 Å². The molecule has 0 aliphatic rings. The predicted molar refractivity (Wildman–Crippen MR) is 94.9 cm³/mol. The van der Waals surface area contributed by atoms with Crippen LogP contribution in [0.5, 0.6) is 0 Å². The Kier molecular flexibility index (Phi) is 7.01. The van der Waals surface area contributed by atoms with Crippen LogP contribution in [0.1, 0.15) is 12.5 Å². The standard InChI is InChI=1S/C18H22S2/c1-3-7-17(8-4-1)11-13-19-15-16-20-14-12-18-9-5-2-6-10-18/h1-10H,11-16H2/i15D. The second-order valence-electron chi connectivity index (χ2n) is 4.58. The molecule has 1 atom stereocenters. The fourth-order valence-electron chi connectivity index (χ4n) is 1.92. The molecule has 0 aliphatic carbocycles. The molecule has 2 aromatic rings. The van der Waals surface area contributed by atoms with Crippen LogP contribution in [0.2, 0.25) is 0 Å². The van der Waals surface area contributed by atoms with Gasteiger partial charge in [-0.1, -0.05) is 60.7 Å². The minimum absolute atomic E-state index is 0.00511. The van der Waals surface area contributed by atoms with Gasteiger partial charge in [0.1, 0.15) is 0 Å². The van der Waals surface area contributed by atoms with Crippen molar-refractivity contribution in [1.82, 2.24) is 0 Å². The van der Waals surface area contributed by atoms with Crippen molar-refractivity contribution in [2.45, 2.75) is 12.8 Å². The van der Waals surface area contributed by atoms with Gasteiger partial charge in [-0.05, 0) is 35.5 Å². The van der Waals surface area contributed by atoms with Crippen LogP contribution in [0.25, 0.3) is 0 Å². The Morgan fingerprint density at radius 3 is 1.70 bits per heavy atom. The SMILES string of the molecule is [2H]C(CSCCc1ccccc1)SCCc1ccccc1. The monoisotopic (exact) mass is 303 g/mol. The van der Waals surface area contributed by atoms with Gasteiger partial charge in [-0.2, -0.15) is 23.5 Å². The molecule has 1 unspecified atom stereocenters. The van der Waals surface area contributed by atoms with Gasteiger partial charge in [0.15, 0.2) is 0 Å². The summed E-state index contributed by atoms with van der Waals surface area (Å²) in [6.45, 7) is 0. The molecule has 0 saturated heterocycles. The Morgan fingerprint density at radius 2 is 1.15 bits per heavy atom. The molecule has 2 heteroatoms. The zero-order valence-corrected chi connectivity index (χ0v) is 13.3. The first kappa shape index (κ1) is 14.1. The van der Waals surface area contributed by atoms with E-state index in [0.29, 0.717) is 0 Å². The van der Waals surface area contributed by atoms with Gasteiger partial charge in [0, 0.05) is 12.9 Å². The third kappa shape index (κ3) is 6.53. The summed E-state index contributed by atoms with van der Waals surface area (Å²) in [5.74, 6) is 3.07. The first-order valence-electron chi connectivity index (χ1n) is 7.62. The Balaban J connectivity index is 1.52. The summed E-state index contributed by atoms with van der Waals surface area (Å²) in [4.78, 5) is 0. The van der Waals surface area contributed by atoms with Gasteiger partial charge in [-0.15, -0.1) is 0 Å². The van der Waals surface area contributed by atoms with Gasteiger partial charge in [-0.3, -0.25) is 0 Å². The number of aryl methyl sites for hydroxylation is 2. The molecular formula is C18H22S2. The van der Waals surface area contributed by atoms with E-state index in [1.807, 2.05) is 17.8 Å². The fourth-order valence-corrected chi connectivity index (χ4v) is 3.76. The zero-order chi connectivity index (χ0) is 14.8. The highest BCUT2D eigenvalue weighted by molar-refractivity contribution is 8.02. The highest BCUT2D eigenvalue weighted by Gasteiger charge is 1.95. The molecular weight excluding hydrogens is 280 g/mol. The lowest BCUT2D eigenvalue weighted by Crippen LogP contribution is -1.94. The van der Waals surface area contributed by atoms with E-state index in [1.165, 1.54) is 11.1 Å². The number of thioether (sulfide) groups is 2. The Morgan fingerprint density at radius 1 is 0.650 bits per heavy atom. The highest BCUT2D eigenvalue weighted by atomic mass is 32.2. The van der Waals surface area contributed by atoms with Crippen molar-refractivity contribution in [3.63, 3.8) is 0 Å². The van der Waals surface area contributed by atoms with Crippen LogP contribution in [0.4, 0.5) is 0 Å². The molecule has 0 nitrogen and oxygen atoms in total. The van der Waals surface area contributed by atoms with Crippen LogP contribution < -0.4 is 0 Å². The smallest absolute Gasteiger partial charge is 0.0389 e. The number of hydrogen-bond acceptors (Lipinski definition) is 2. The molecule has 2 rings (SSSR count). The molecule has 2 aromatic carbocycles. The summed E-state index contributed by atoms with van der Waals surface area (Å²) < 4.78 is 8.06. The lowest BCUT2D eigenvalue weighted by atomic mass is 10.2. The minimum atomic E-state index is -0.00511. The van der Waals surface area contributed by atoms with Crippen LogP contribution >= 0.6 is 23.5 Å². The van der Waals surface area contributed by atoms with Crippen molar-refractivity contribution in [2.24, 2.45) is 0 Å². The Bertz CT molecular complexity index is 487. The lowest BCUT2D eigenvalue weighted by molar-refractivity contribution is 1.15. The van der Waals surface area contributed by atoms with E-state index < -0.39 is 0 Å². The molecule has 0 bridgehead atoms. The first-order valence-corrected chi connectivity index (χ1v) is 9.24. The summed E-state index contributed by atoms with van der Waals surface area (Å²) in [5, 5.41) is 0. The summed E-state index contributed by atoms with van der Waals surface area (Å²) in [6.07, 6.45) is 2.17. The summed E-state index contributed by atoms with van der Waals surface area (Å²) in [7, 11) is 0. The average molecular weight is 304 g/mol.